The average molecular weight is 481 g/mol. The molecular weight excluding hydrogens is 459 g/mol. The Morgan fingerprint density at radius 1 is 1.26 bits per heavy atom. The summed E-state index contributed by atoms with van der Waals surface area (Å²) in [5.41, 5.74) is 1.65. The molecule has 34 heavy (non-hydrogen) atoms. The SMILES string of the molecule is O=C(NC(Cc1ccc(F)cc1)C(=O)N1CCC2OCC(=O)C21)c1csc(-c2cccnc2)n1. The monoisotopic (exact) mass is 480 g/mol. The molecule has 2 fully saturated rings. The Bertz CT molecular complexity index is 1220. The summed E-state index contributed by atoms with van der Waals surface area (Å²) in [4.78, 5) is 48.8. The third-order valence-corrected chi connectivity index (χ3v) is 6.89. The normalized spacial score (nSPS) is 20.3. The van der Waals surface area contributed by atoms with Gasteiger partial charge in [-0.05, 0) is 36.2 Å². The number of hydrogen-bond acceptors (Lipinski definition) is 7. The number of hydrogen-bond donors (Lipinski definition) is 1. The second-order valence-electron chi connectivity index (χ2n) is 8.22. The fourth-order valence-electron chi connectivity index (χ4n) is 4.33. The number of carbonyl (C=O) groups is 3. The van der Waals surface area contributed by atoms with Gasteiger partial charge in [0, 0.05) is 36.3 Å². The molecule has 5 rings (SSSR count). The maximum atomic E-state index is 13.5. The standard InChI is InChI=1S/C24H21FN4O4S/c25-16-5-3-14(4-6-16)10-17(24(32)29-9-7-20-21(29)19(30)12-33-20)27-22(31)18-13-34-23(28-18)15-2-1-8-26-11-15/h1-6,8,11,13,17,20-21H,7,9-10,12H2,(H,27,31). The molecule has 2 amide bonds. The molecule has 2 saturated heterocycles. The molecule has 2 aliphatic heterocycles. The first-order valence-electron chi connectivity index (χ1n) is 10.9. The van der Waals surface area contributed by atoms with E-state index in [1.807, 2.05) is 6.07 Å². The highest BCUT2D eigenvalue weighted by Gasteiger charge is 2.48. The summed E-state index contributed by atoms with van der Waals surface area (Å²) in [6, 6.07) is 7.80. The number of Topliss-reactive ketones (excluding diaryl/α,β-unsaturated/α-hetero) is 1. The molecule has 3 unspecified atom stereocenters. The summed E-state index contributed by atoms with van der Waals surface area (Å²) < 4.78 is 18.9. The number of amides is 2. The van der Waals surface area contributed by atoms with Gasteiger partial charge in [0.25, 0.3) is 5.91 Å². The predicted octanol–water partition coefficient (Wildman–Crippen LogP) is 2.25. The topological polar surface area (TPSA) is 101 Å². The first kappa shape index (κ1) is 22.3. The van der Waals surface area contributed by atoms with Crippen LogP contribution in [-0.2, 0) is 20.7 Å². The van der Waals surface area contributed by atoms with Crippen LogP contribution >= 0.6 is 11.3 Å². The summed E-state index contributed by atoms with van der Waals surface area (Å²) in [6.07, 6.45) is 3.72. The second kappa shape index (κ2) is 9.40. The smallest absolute Gasteiger partial charge is 0.271 e. The molecule has 174 valence electrons. The van der Waals surface area contributed by atoms with Crippen LogP contribution in [-0.4, -0.2) is 63.8 Å². The van der Waals surface area contributed by atoms with Crippen LogP contribution in [0.15, 0.2) is 54.2 Å². The number of ketones is 1. The van der Waals surface area contributed by atoms with Crippen molar-refractivity contribution in [2.75, 3.05) is 13.2 Å². The summed E-state index contributed by atoms with van der Waals surface area (Å²) in [5, 5.41) is 5.04. The lowest BCUT2D eigenvalue weighted by atomic mass is 10.0. The van der Waals surface area contributed by atoms with Crippen LogP contribution in [0.1, 0.15) is 22.5 Å². The van der Waals surface area contributed by atoms with Crippen molar-refractivity contribution < 1.29 is 23.5 Å². The summed E-state index contributed by atoms with van der Waals surface area (Å²) in [5.74, 6) is -1.40. The van der Waals surface area contributed by atoms with Crippen LogP contribution in [0.25, 0.3) is 10.6 Å². The highest BCUT2D eigenvalue weighted by atomic mass is 32.1. The lowest BCUT2D eigenvalue weighted by Crippen LogP contribution is -2.53. The van der Waals surface area contributed by atoms with Crippen molar-refractivity contribution in [1.82, 2.24) is 20.2 Å². The second-order valence-corrected chi connectivity index (χ2v) is 9.08. The molecule has 0 spiro atoms. The van der Waals surface area contributed by atoms with Crippen molar-refractivity contribution >= 4 is 28.9 Å². The summed E-state index contributed by atoms with van der Waals surface area (Å²) in [7, 11) is 0. The van der Waals surface area contributed by atoms with Gasteiger partial charge in [0.05, 0.1) is 6.10 Å². The van der Waals surface area contributed by atoms with Gasteiger partial charge in [-0.1, -0.05) is 12.1 Å². The number of aromatic nitrogens is 2. The van der Waals surface area contributed by atoms with Crippen molar-refractivity contribution in [3.05, 3.63) is 71.2 Å². The number of ether oxygens (including phenoxy) is 1. The zero-order valence-corrected chi connectivity index (χ0v) is 18.8. The zero-order valence-electron chi connectivity index (χ0n) is 18.0. The van der Waals surface area contributed by atoms with Gasteiger partial charge in [-0.2, -0.15) is 0 Å². The molecule has 0 saturated carbocycles. The van der Waals surface area contributed by atoms with Crippen molar-refractivity contribution in [3.8, 4) is 10.6 Å². The molecule has 4 heterocycles. The van der Waals surface area contributed by atoms with E-state index in [2.05, 4.69) is 15.3 Å². The van der Waals surface area contributed by atoms with E-state index >= 15 is 0 Å². The van der Waals surface area contributed by atoms with Gasteiger partial charge >= 0.3 is 0 Å². The van der Waals surface area contributed by atoms with Crippen molar-refractivity contribution in [3.63, 3.8) is 0 Å². The number of fused-ring (bicyclic) bond motifs is 1. The number of nitrogens with zero attached hydrogens (tertiary/aromatic N) is 3. The minimum Gasteiger partial charge on any atom is -0.368 e. The van der Waals surface area contributed by atoms with E-state index < -0.39 is 23.8 Å². The molecule has 10 heteroatoms. The number of pyridine rings is 1. The lowest BCUT2D eigenvalue weighted by Gasteiger charge is -2.27. The third kappa shape index (κ3) is 4.46. The van der Waals surface area contributed by atoms with Gasteiger partial charge in [0.15, 0.2) is 5.78 Å². The maximum Gasteiger partial charge on any atom is 0.271 e. The van der Waals surface area contributed by atoms with E-state index in [0.717, 1.165) is 5.56 Å². The molecule has 1 N–H and O–H groups in total. The minimum atomic E-state index is -0.950. The third-order valence-electron chi connectivity index (χ3n) is 6.00. The summed E-state index contributed by atoms with van der Waals surface area (Å²) in [6.45, 7) is 0.363. The van der Waals surface area contributed by atoms with Crippen LogP contribution in [0.4, 0.5) is 4.39 Å². The number of nitrogens with one attached hydrogen (secondary N) is 1. The largest absolute Gasteiger partial charge is 0.368 e. The van der Waals surface area contributed by atoms with E-state index in [4.69, 9.17) is 4.74 Å². The van der Waals surface area contributed by atoms with Gasteiger partial charge in [-0.3, -0.25) is 19.4 Å². The van der Waals surface area contributed by atoms with Crippen LogP contribution in [0, 0.1) is 5.82 Å². The summed E-state index contributed by atoms with van der Waals surface area (Å²) >= 11 is 1.30. The Kier molecular flexibility index (Phi) is 6.16. The minimum absolute atomic E-state index is 0.00988. The predicted molar refractivity (Wildman–Crippen MR) is 122 cm³/mol. The van der Waals surface area contributed by atoms with Crippen LogP contribution in [0.2, 0.25) is 0 Å². The lowest BCUT2D eigenvalue weighted by molar-refractivity contribution is -0.138. The molecule has 2 aromatic heterocycles. The van der Waals surface area contributed by atoms with Gasteiger partial charge in [0.1, 0.15) is 35.2 Å². The molecule has 3 aromatic rings. The number of rotatable bonds is 6. The van der Waals surface area contributed by atoms with E-state index in [1.54, 1.807) is 36.0 Å². The van der Waals surface area contributed by atoms with E-state index in [0.29, 0.717) is 23.5 Å². The molecule has 1 aromatic carbocycles. The van der Waals surface area contributed by atoms with Gasteiger partial charge in [-0.25, -0.2) is 9.37 Å². The molecule has 2 aliphatic rings. The Morgan fingerprint density at radius 3 is 2.85 bits per heavy atom. The fraction of sp³-hybridized carbons (Fsp3) is 0.292. The van der Waals surface area contributed by atoms with Crippen LogP contribution in [0.3, 0.4) is 0 Å². The molecule has 3 atom stereocenters. The van der Waals surface area contributed by atoms with Crippen molar-refractivity contribution in [1.29, 1.82) is 0 Å². The molecule has 0 radical (unpaired) electrons. The Balaban J connectivity index is 1.37. The molecule has 8 nitrogen and oxygen atoms in total. The molecule has 0 aliphatic carbocycles. The molecular formula is C24H21FN4O4S. The van der Waals surface area contributed by atoms with Gasteiger partial charge < -0.3 is 15.0 Å². The van der Waals surface area contributed by atoms with Crippen LogP contribution in [0.5, 0.6) is 0 Å². The fourth-order valence-corrected chi connectivity index (χ4v) is 5.12. The first-order chi connectivity index (χ1) is 16.5. The number of carbonyl (C=O) groups excluding carboxylic acids is 3. The number of thiazole rings is 1. The number of benzene rings is 1. The van der Waals surface area contributed by atoms with Crippen molar-refractivity contribution in [2.24, 2.45) is 0 Å². The number of likely N-dealkylation sites (tertiary alicyclic amines) is 1. The van der Waals surface area contributed by atoms with Crippen molar-refractivity contribution in [2.45, 2.75) is 31.0 Å². The Labute approximate surface area is 198 Å². The Morgan fingerprint density at radius 2 is 2.09 bits per heavy atom. The van der Waals surface area contributed by atoms with Gasteiger partial charge in [-0.15, -0.1) is 11.3 Å². The van der Waals surface area contributed by atoms with E-state index in [-0.39, 0.29) is 36.5 Å². The highest BCUT2D eigenvalue weighted by Crippen LogP contribution is 2.28. The number of halogens is 1. The average Bonchev–Trinajstić information content (AvgIpc) is 3.58. The van der Waals surface area contributed by atoms with Gasteiger partial charge in [0.2, 0.25) is 5.91 Å². The van der Waals surface area contributed by atoms with Crippen LogP contribution < -0.4 is 5.32 Å². The quantitative estimate of drug-likeness (QED) is 0.581. The molecule has 0 bridgehead atoms. The van der Waals surface area contributed by atoms with E-state index in [1.165, 1.54) is 28.4 Å². The maximum absolute atomic E-state index is 13.5. The first-order valence-corrected chi connectivity index (χ1v) is 11.7. The van der Waals surface area contributed by atoms with E-state index in [9.17, 15) is 18.8 Å². The highest BCUT2D eigenvalue weighted by molar-refractivity contribution is 7.13. The Hall–Kier alpha value is -3.50. The zero-order chi connectivity index (χ0) is 23.7.